The number of benzene rings is 1. The van der Waals surface area contributed by atoms with Crippen molar-refractivity contribution >= 4 is 0 Å². The summed E-state index contributed by atoms with van der Waals surface area (Å²) in [7, 11) is 2.29. The van der Waals surface area contributed by atoms with Crippen LogP contribution in [0.4, 0.5) is 0 Å². The lowest BCUT2D eigenvalue weighted by molar-refractivity contribution is 0.262. The predicted octanol–water partition coefficient (Wildman–Crippen LogP) is 4.24. The second kappa shape index (κ2) is 9.22. The molecule has 0 saturated heterocycles. The van der Waals surface area contributed by atoms with Crippen LogP contribution >= 0.6 is 0 Å². The highest BCUT2D eigenvalue weighted by Crippen LogP contribution is 2.25. The van der Waals surface area contributed by atoms with Gasteiger partial charge in [0.05, 0.1) is 0 Å². The molecule has 1 N–H and O–H groups in total. The van der Waals surface area contributed by atoms with E-state index in [1.54, 1.807) is 0 Å². The Morgan fingerprint density at radius 2 is 1.90 bits per heavy atom. The van der Waals surface area contributed by atoms with E-state index in [0.717, 1.165) is 12.5 Å². The van der Waals surface area contributed by atoms with Crippen LogP contribution in [0.1, 0.15) is 57.1 Å². The molecule has 2 rings (SSSR count). The number of nitrogens with one attached hydrogen (secondary N) is 1. The molecule has 0 heterocycles. The first-order valence-electron chi connectivity index (χ1n) is 8.76. The van der Waals surface area contributed by atoms with Gasteiger partial charge in [-0.25, -0.2) is 0 Å². The van der Waals surface area contributed by atoms with Crippen LogP contribution in [0.2, 0.25) is 0 Å². The number of hydrogen-bond acceptors (Lipinski definition) is 2. The highest BCUT2D eigenvalue weighted by atomic mass is 15.1. The first-order valence-corrected chi connectivity index (χ1v) is 8.76. The zero-order valence-electron chi connectivity index (χ0n) is 13.9. The van der Waals surface area contributed by atoms with Crippen LogP contribution < -0.4 is 5.32 Å². The van der Waals surface area contributed by atoms with Crippen molar-refractivity contribution in [1.29, 1.82) is 0 Å². The summed E-state index contributed by atoms with van der Waals surface area (Å²) in [6.07, 6.45) is 8.18. The molecule has 1 aliphatic rings. The van der Waals surface area contributed by atoms with Gasteiger partial charge in [-0.3, -0.25) is 0 Å². The van der Waals surface area contributed by atoms with Crippen LogP contribution in [0.15, 0.2) is 30.3 Å². The maximum atomic E-state index is 3.71. The number of hydrogen-bond donors (Lipinski definition) is 1. The van der Waals surface area contributed by atoms with Crippen LogP contribution in [0.5, 0.6) is 0 Å². The average Bonchev–Trinajstić information content (AvgIpc) is 3.01. The second-order valence-corrected chi connectivity index (χ2v) is 6.62. The maximum Gasteiger partial charge on any atom is 0.0332 e. The van der Waals surface area contributed by atoms with Crippen molar-refractivity contribution in [3.8, 4) is 0 Å². The lowest BCUT2D eigenvalue weighted by Crippen LogP contribution is -2.30. The van der Waals surface area contributed by atoms with Crippen molar-refractivity contribution in [2.45, 2.75) is 51.5 Å². The molecule has 1 saturated carbocycles. The fourth-order valence-electron chi connectivity index (χ4n) is 3.46. The van der Waals surface area contributed by atoms with E-state index in [1.807, 2.05) is 0 Å². The van der Waals surface area contributed by atoms with Crippen molar-refractivity contribution in [2.75, 3.05) is 26.7 Å². The molecule has 1 aromatic rings. The summed E-state index contributed by atoms with van der Waals surface area (Å²) < 4.78 is 0. The SMILES string of the molecule is CCCNC(CCN(C)CC1CCCC1)c1ccccc1. The molecule has 1 unspecified atom stereocenters. The third-order valence-corrected chi connectivity index (χ3v) is 4.69. The molecule has 0 bridgehead atoms. The van der Waals surface area contributed by atoms with Crippen LogP contribution in [-0.2, 0) is 0 Å². The summed E-state index contributed by atoms with van der Waals surface area (Å²) in [4.78, 5) is 2.54. The van der Waals surface area contributed by atoms with Gasteiger partial charge in [-0.1, -0.05) is 50.1 Å². The highest BCUT2D eigenvalue weighted by molar-refractivity contribution is 5.18. The Morgan fingerprint density at radius 3 is 2.57 bits per heavy atom. The maximum absolute atomic E-state index is 3.71. The summed E-state index contributed by atoms with van der Waals surface area (Å²) in [5, 5.41) is 3.71. The van der Waals surface area contributed by atoms with Gasteiger partial charge in [-0.15, -0.1) is 0 Å². The monoisotopic (exact) mass is 288 g/mol. The van der Waals surface area contributed by atoms with Gasteiger partial charge < -0.3 is 10.2 Å². The summed E-state index contributed by atoms with van der Waals surface area (Å²) >= 11 is 0. The topological polar surface area (TPSA) is 15.3 Å². The van der Waals surface area contributed by atoms with Gasteiger partial charge in [0.2, 0.25) is 0 Å². The molecule has 1 fully saturated rings. The van der Waals surface area contributed by atoms with Crippen LogP contribution in [0, 0.1) is 5.92 Å². The smallest absolute Gasteiger partial charge is 0.0332 e. The largest absolute Gasteiger partial charge is 0.310 e. The minimum Gasteiger partial charge on any atom is -0.310 e. The Morgan fingerprint density at radius 1 is 1.19 bits per heavy atom. The summed E-state index contributed by atoms with van der Waals surface area (Å²) in [5.74, 6) is 0.953. The van der Waals surface area contributed by atoms with E-state index in [4.69, 9.17) is 0 Å². The molecule has 1 aromatic carbocycles. The fourth-order valence-corrected chi connectivity index (χ4v) is 3.46. The molecule has 0 spiro atoms. The Labute approximate surface area is 130 Å². The van der Waals surface area contributed by atoms with E-state index in [-0.39, 0.29) is 0 Å². The summed E-state index contributed by atoms with van der Waals surface area (Å²) in [6, 6.07) is 11.4. The van der Waals surface area contributed by atoms with E-state index in [2.05, 4.69) is 54.5 Å². The lowest BCUT2D eigenvalue weighted by Gasteiger charge is -2.25. The Bertz CT molecular complexity index is 370. The van der Waals surface area contributed by atoms with Gasteiger partial charge in [0.25, 0.3) is 0 Å². The van der Waals surface area contributed by atoms with Crippen molar-refractivity contribution in [3.05, 3.63) is 35.9 Å². The molecular formula is C19H32N2. The van der Waals surface area contributed by atoms with Gasteiger partial charge in [0, 0.05) is 12.6 Å². The second-order valence-electron chi connectivity index (χ2n) is 6.62. The third-order valence-electron chi connectivity index (χ3n) is 4.69. The Hall–Kier alpha value is -0.860. The van der Waals surface area contributed by atoms with Gasteiger partial charge >= 0.3 is 0 Å². The predicted molar refractivity (Wildman–Crippen MR) is 91.5 cm³/mol. The van der Waals surface area contributed by atoms with Crippen molar-refractivity contribution in [1.82, 2.24) is 10.2 Å². The molecule has 21 heavy (non-hydrogen) atoms. The van der Waals surface area contributed by atoms with Gasteiger partial charge in [0.15, 0.2) is 0 Å². The first-order chi connectivity index (χ1) is 10.3. The van der Waals surface area contributed by atoms with Crippen molar-refractivity contribution < 1.29 is 0 Å². The molecule has 1 aliphatic carbocycles. The van der Waals surface area contributed by atoms with Gasteiger partial charge in [-0.2, -0.15) is 0 Å². The molecular weight excluding hydrogens is 256 g/mol. The third kappa shape index (κ3) is 5.80. The van der Waals surface area contributed by atoms with E-state index in [0.29, 0.717) is 6.04 Å². The Kier molecular flexibility index (Phi) is 7.25. The van der Waals surface area contributed by atoms with E-state index < -0.39 is 0 Å². The van der Waals surface area contributed by atoms with Crippen LogP contribution in [0.3, 0.4) is 0 Å². The first kappa shape index (κ1) is 16.5. The minimum atomic E-state index is 0.497. The van der Waals surface area contributed by atoms with Gasteiger partial charge in [-0.05, 0) is 57.3 Å². The zero-order valence-corrected chi connectivity index (χ0v) is 13.9. The van der Waals surface area contributed by atoms with Crippen molar-refractivity contribution in [2.24, 2.45) is 5.92 Å². The van der Waals surface area contributed by atoms with Crippen LogP contribution in [-0.4, -0.2) is 31.6 Å². The highest BCUT2D eigenvalue weighted by Gasteiger charge is 2.17. The van der Waals surface area contributed by atoms with E-state index >= 15 is 0 Å². The molecule has 1 atom stereocenters. The zero-order chi connectivity index (χ0) is 14.9. The molecule has 0 amide bonds. The minimum absolute atomic E-state index is 0.497. The molecule has 2 heteroatoms. The normalized spacial score (nSPS) is 17.5. The number of rotatable bonds is 9. The van der Waals surface area contributed by atoms with E-state index in [1.165, 1.54) is 57.2 Å². The summed E-state index contributed by atoms with van der Waals surface area (Å²) in [5.41, 5.74) is 1.43. The number of nitrogens with zero attached hydrogens (tertiary/aromatic N) is 1. The van der Waals surface area contributed by atoms with Crippen LogP contribution in [0.25, 0.3) is 0 Å². The quantitative estimate of drug-likeness (QED) is 0.731. The van der Waals surface area contributed by atoms with Crippen molar-refractivity contribution in [3.63, 3.8) is 0 Å². The molecule has 0 aromatic heterocycles. The lowest BCUT2D eigenvalue weighted by atomic mass is 10.0. The van der Waals surface area contributed by atoms with E-state index in [9.17, 15) is 0 Å². The fraction of sp³-hybridized carbons (Fsp3) is 0.684. The summed E-state index contributed by atoms with van der Waals surface area (Å²) in [6.45, 7) is 5.81. The Balaban J connectivity index is 1.80. The molecule has 0 radical (unpaired) electrons. The molecule has 0 aliphatic heterocycles. The standard InChI is InChI=1S/C19H32N2/c1-3-14-20-19(18-11-5-4-6-12-18)13-15-21(2)16-17-9-7-8-10-17/h4-6,11-12,17,19-20H,3,7-10,13-16H2,1-2H3. The van der Waals surface area contributed by atoms with Gasteiger partial charge in [0.1, 0.15) is 0 Å². The molecule has 118 valence electrons. The molecule has 2 nitrogen and oxygen atoms in total. The average molecular weight is 288 g/mol.